The maximum atomic E-state index is 3.50. The number of nitrogens with one attached hydrogen (secondary N) is 1. The Bertz CT molecular complexity index is 307. The maximum absolute atomic E-state index is 3.50. The third-order valence-electron chi connectivity index (χ3n) is 4.17. The van der Waals surface area contributed by atoms with Crippen molar-refractivity contribution < 1.29 is 0 Å². The number of hydrogen-bond acceptors (Lipinski definition) is 1. The summed E-state index contributed by atoms with van der Waals surface area (Å²) >= 11 is 0. The fraction of sp³-hybridized carbons (Fsp3) is 0.667. The van der Waals surface area contributed by atoms with Gasteiger partial charge in [0.25, 0.3) is 0 Å². The monoisotopic (exact) mass is 261 g/mol. The summed E-state index contributed by atoms with van der Waals surface area (Å²) in [6, 6.07) is 11.5. The van der Waals surface area contributed by atoms with Crippen molar-refractivity contribution in [3.8, 4) is 0 Å². The first-order valence-electron chi connectivity index (χ1n) is 8.01. The van der Waals surface area contributed by atoms with E-state index >= 15 is 0 Å². The minimum Gasteiger partial charge on any atom is -0.316 e. The van der Waals surface area contributed by atoms with Gasteiger partial charge in [-0.3, -0.25) is 0 Å². The lowest BCUT2D eigenvalue weighted by Gasteiger charge is -2.24. The molecule has 0 aromatic heterocycles. The Labute approximate surface area is 119 Å². The standard InChI is InChI=1S/C18H31N/c1-4-5-6-7-8-12-15-18(19-3)16(2)17-13-10-9-11-14-17/h9-11,13-14,16,18-19H,4-8,12,15H2,1-3H3. The number of hydrogen-bond donors (Lipinski definition) is 1. The van der Waals surface area contributed by atoms with Gasteiger partial charge in [0.15, 0.2) is 0 Å². The molecule has 0 saturated carbocycles. The number of rotatable bonds is 10. The third kappa shape index (κ3) is 6.24. The van der Waals surface area contributed by atoms with Crippen molar-refractivity contribution in [3.63, 3.8) is 0 Å². The molecule has 2 unspecified atom stereocenters. The van der Waals surface area contributed by atoms with Crippen molar-refractivity contribution >= 4 is 0 Å². The quantitative estimate of drug-likeness (QED) is 0.576. The molecular formula is C18H31N. The first kappa shape index (κ1) is 16.2. The molecular weight excluding hydrogens is 230 g/mol. The smallest absolute Gasteiger partial charge is 0.0130 e. The predicted octanol–water partition coefficient (Wildman–Crippen LogP) is 5.13. The van der Waals surface area contributed by atoms with Crippen molar-refractivity contribution in [1.82, 2.24) is 5.32 Å². The minimum absolute atomic E-state index is 0.599. The summed E-state index contributed by atoms with van der Waals surface area (Å²) in [5.41, 5.74) is 1.45. The van der Waals surface area contributed by atoms with E-state index in [9.17, 15) is 0 Å². The molecule has 1 nitrogen and oxygen atoms in total. The average Bonchev–Trinajstić information content (AvgIpc) is 2.47. The molecule has 19 heavy (non-hydrogen) atoms. The molecule has 0 radical (unpaired) electrons. The molecule has 1 aromatic rings. The van der Waals surface area contributed by atoms with Crippen LogP contribution in [-0.4, -0.2) is 13.1 Å². The molecule has 0 fully saturated rings. The van der Waals surface area contributed by atoms with Crippen LogP contribution >= 0.6 is 0 Å². The number of likely N-dealkylation sites (N-methyl/N-ethyl adjacent to an activating group) is 1. The van der Waals surface area contributed by atoms with Gasteiger partial charge in [0, 0.05) is 6.04 Å². The lowest BCUT2D eigenvalue weighted by Crippen LogP contribution is -2.30. The molecule has 0 aliphatic rings. The van der Waals surface area contributed by atoms with E-state index in [-0.39, 0.29) is 0 Å². The minimum atomic E-state index is 0.599. The predicted molar refractivity (Wildman–Crippen MR) is 85.7 cm³/mol. The van der Waals surface area contributed by atoms with Crippen LogP contribution in [0, 0.1) is 0 Å². The van der Waals surface area contributed by atoms with Crippen molar-refractivity contribution in [1.29, 1.82) is 0 Å². The summed E-state index contributed by atoms with van der Waals surface area (Å²) in [6.07, 6.45) is 9.59. The van der Waals surface area contributed by atoms with E-state index in [0.29, 0.717) is 12.0 Å². The van der Waals surface area contributed by atoms with Gasteiger partial charge in [-0.05, 0) is 24.9 Å². The second-order valence-corrected chi connectivity index (χ2v) is 5.65. The largest absolute Gasteiger partial charge is 0.316 e. The van der Waals surface area contributed by atoms with Gasteiger partial charge in [0.1, 0.15) is 0 Å². The van der Waals surface area contributed by atoms with Gasteiger partial charge in [0.2, 0.25) is 0 Å². The molecule has 0 spiro atoms. The van der Waals surface area contributed by atoms with Gasteiger partial charge in [0.05, 0.1) is 0 Å². The zero-order valence-electron chi connectivity index (χ0n) is 13.0. The topological polar surface area (TPSA) is 12.0 Å². The van der Waals surface area contributed by atoms with E-state index < -0.39 is 0 Å². The molecule has 1 rings (SSSR count). The van der Waals surface area contributed by atoms with E-state index in [0.717, 1.165) is 0 Å². The Hall–Kier alpha value is -0.820. The lowest BCUT2D eigenvalue weighted by atomic mass is 9.90. The molecule has 0 heterocycles. The Morgan fingerprint density at radius 1 is 0.947 bits per heavy atom. The van der Waals surface area contributed by atoms with Crippen LogP contribution in [0.5, 0.6) is 0 Å². The van der Waals surface area contributed by atoms with Gasteiger partial charge in [-0.2, -0.15) is 0 Å². The zero-order chi connectivity index (χ0) is 13.9. The summed E-state index contributed by atoms with van der Waals surface area (Å²) in [4.78, 5) is 0. The van der Waals surface area contributed by atoms with Crippen LogP contribution in [0.4, 0.5) is 0 Å². The average molecular weight is 261 g/mol. The fourth-order valence-corrected chi connectivity index (χ4v) is 2.78. The van der Waals surface area contributed by atoms with Crippen molar-refractivity contribution in [3.05, 3.63) is 35.9 Å². The van der Waals surface area contributed by atoms with Gasteiger partial charge in [-0.15, -0.1) is 0 Å². The molecule has 0 saturated heterocycles. The van der Waals surface area contributed by atoms with E-state index in [2.05, 4.69) is 56.5 Å². The highest BCUT2D eigenvalue weighted by Gasteiger charge is 2.16. The zero-order valence-corrected chi connectivity index (χ0v) is 13.0. The summed E-state index contributed by atoms with van der Waals surface area (Å²) in [6.45, 7) is 4.62. The molecule has 0 aliphatic heterocycles. The maximum Gasteiger partial charge on any atom is 0.0130 e. The molecule has 1 aromatic carbocycles. The van der Waals surface area contributed by atoms with Gasteiger partial charge >= 0.3 is 0 Å². The van der Waals surface area contributed by atoms with E-state index in [4.69, 9.17) is 0 Å². The highest BCUT2D eigenvalue weighted by molar-refractivity contribution is 5.20. The van der Waals surface area contributed by atoms with Crippen LogP contribution < -0.4 is 5.32 Å². The fourth-order valence-electron chi connectivity index (χ4n) is 2.78. The highest BCUT2D eigenvalue weighted by atomic mass is 14.9. The van der Waals surface area contributed by atoms with E-state index in [1.807, 2.05) is 0 Å². The Kier molecular flexibility index (Phi) is 8.57. The molecule has 0 aliphatic carbocycles. The number of benzene rings is 1. The highest BCUT2D eigenvalue weighted by Crippen LogP contribution is 2.22. The van der Waals surface area contributed by atoms with Crippen LogP contribution in [-0.2, 0) is 0 Å². The third-order valence-corrected chi connectivity index (χ3v) is 4.17. The summed E-state index contributed by atoms with van der Waals surface area (Å²) < 4.78 is 0. The van der Waals surface area contributed by atoms with Gasteiger partial charge in [-0.25, -0.2) is 0 Å². The van der Waals surface area contributed by atoms with Gasteiger partial charge in [-0.1, -0.05) is 82.7 Å². The summed E-state index contributed by atoms with van der Waals surface area (Å²) in [5.74, 6) is 0.599. The van der Waals surface area contributed by atoms with E-state index in [1.165, 1.54) is 50.5 Å². The van der Waals surface area contributed by atoms with Crippen molar-refractivity contribution in [2.75, 3.05) is 7.05 Å². The summed E-state index contributed by atoms with van der Waals surface area (Å²) in [7, 11) is 2.10. The van der Waals surface area contributed by atoms with Crippen LogP contribution in [0.15, 0.2) is 30.3 Å². The summed E-state index contributed by atoms with van der Waals surface area (Å²) in [5, 5.41) is 3.50. The first-order valence-corrected chi connectivity index (χ1v) is 8.01. The second kappa shape index (κ2) is 10.0. The molecule has 1 N–H and O–H groups in total. The van der Waals surface area contributed by atoms with Gasteiger partial charge < -0.3 is 5.32 Å². The van der Waals surface area contributed by atoms with Crippen LogP contribution in [0.2, 0.25) is 0 Å². The number of unbranched alkanes of at least 4 members (excludes halogenated alkanes) is 5. The van der Waals surface area contributed by atoms with Crippen molar-refractivity contribution in [2.24, 2.45) is 0 Å². The Balaban J connectivity index is 2.29. The second-order valence-electron chi connectivity index (χ2n) is 5.65. The van der Waals surface area contributed by atoms with Crippen LogP contribution in [0.25, 0.3) is 0 Å². The van der Waals surface area contributed by atoms with E-state index in [1.54, 1.807) is 0 Å². The normalized spacial score (nSPS) is 14.3. The van der Waals surface area contributed by atoms with Crippen LogP contribution in [0.3, 0.4) is 0 Å². The van der Waals surface area contributed by atoms with Crippen molar-refractivity contribution in [2.45, 2.75) is 70.8 Å². The Morgan fingerprint density at radius 2 is 1.58 bits per heavy atom. The molecule has 1 heteroatoms. The Morgan fingerprint density at radius 3 is 2.21 bits per heavy atom. The molecule has 108 valence electrons. The van der Waals surface area contributed by atoms with Crippen LogP contribution in [0.1, 0.15) is 70.3 Å². The molecule has 0 bridgehead atoms. The SMILES string of the molecule is CCCCCCCCC(NC)C(C)c1ccccc1. The first-order chi connectivity index (χ1) is 9.29. The molecule has 0 amide bonds. The lowest BCUT2D eigenvalue weighted by molar-refractivity contribution is 0.431. The molecule has 2 atom stereocenters.